The quantitative estimate of drug-likeness (QED) is 0.754. The Morgan fingerprint density at radius 2 is 2.15 bits per heavy atom. The Bertz CT molecular complexity index is 473. The molecule has 2 rings (SSSR count). The van der Waals surface area contributed by atoms with Crippen molar-refractivity contribution < 1.29 is 0 Å². The average molecular weight is 287 g/mol. The van der Waals surface area contributed by atoms with Gasteiger partial charge in [0, 0.05) is 10.6 Å². The van der Waals surface area contributed by atoms with Crippen LogP contribution in [0.2, 0.25) is 0 Å². The Morgan fingerprint density at radius 3 is 2.85 bits per heavy atom. The van der Waals surface area contributed by atoms with Crippen molar-refractivity contribution in [1.82, 2.24) is 9.78 Å². The van der Waals surface area contributed by atoms with Crippen molar-refractivity contribution in [2.45, 2.75) is 6.92 Å². The number of nitrogen functional groups attached to an aromatic ring is 1. The van der Waals surface area contributed by atoms with Crippen molar-refractivity contribution >= 4 is 39.3 Å². The van der Waals surface area contributed by atoms with Crippen LogP contribution in [0.15, 0.2) is 12.1 Å². The second kappa shape index (κ2) is 2.87. The van der Waals surface area contributed by atoms with Crippen LogP contribution in [0, 0.1) is 10.5 Å². The number of rotatable bonds is 0. The first-order chi connectivity index (χ1) is 6.11. The Labute approximate surface area is 90.1 Å². The minimum absolute atomic E-state index is 0.616. The Balaban J connectivity index is 2.98. The van der Waals surface area contributed by atoms with E-state index in [0.29, 0.717) is 5.82 Å². The highest BCUT2D eigenvalue weighted by Gasteiger charge is 2.09. The van der Waals surface area contributed by atoms with Gasteiger partial charge >= 0.3 is 0 Å². The van der Waals surface area contributed by atoms with Crippen molar-refractivity contribution in [2.75, 3.05) is 5.73 Å². The molecule has 0 saturated heterocycles. The number of halogens is 1. The van der Waals surface area contributed by atoms with Crippen LogP contribution in [0.4, 0.5) is 5.82 Å². The average Bonchev–Trinajstić information content (AvgIpc) is 2.35. The van der Waals surface area contributed by atoms with Gasteiger partial charge in [-0.2, -0.15) is 5.10 Å². The lowest BCUT2D eigenvalue weighted by Gasteiger charge is -1.99. The van der Waals surface area contributed by atoms with Crippen LogP contribution < -0.4 is 5.73 Å². The first-order valence-corrected chi connectivity index (χ1v) is 5.06. The van der Waals surface area contributed by atoms with Crippen molar-refractivity contribution in [3.8, 4) is 0 Å². The summed E-state index contributed by atoms with van der Waals surface area (Å²) in [5.74, 6) is 0.616. The van der Waals surface area contributed by atoms with Crippen LogP contribution in [0.5, 0.6) is 0 Å². The SMILES string of the molecule is Cc1ccc2c(c(N)nn2C)c1I. The van der Waals surface area contributed by atoms with E-state index in [1.54, 1.807) is 0 Å². The molecular weight excluding hydrogens is 277 g/mol. The van der Waals surface area contributed by atoms with Gasteiger partial charge in [0.15, 0.2) is 5.82 Å². The van der Waals surface area contributed by atoms with Gasteiger partial charge in [-0.15, -0.1) is 0 Å². The van der Waals surface area contributed by atoms with Gasteiger partial charge in [-0.1, -0.05) is 6.07 Å². The number of hydrogen-bond donors (Lipinski definition) is 1. The van der Waals surface area contributed by atoms with E-state index >= 15 is 0 Å². The van der Waals surface area contributed by atoms with Crippen molar-refractivity contribution in [3.63, 3.8) is 0 Å². The van der Waals surface area contributed by atoms with Gasteiger partial charge in [0.05, 0.1) is 10.9 Å². The molecule has 3 nitrogen and oxygen atoms in total. The molecule has 0 aliphatic rings. The predicted molar refractivity (Wildman–Crippen MR) is 62.6 cm³/mol. The molecule has 0 fully saturated rings. The van der Waals surface area contributed by atoms with E-state index in [2.05, 4.69) is 46.7 Å². The second-order valence-electron chi connectivity index (χ2n) is 3.10. The van der Waals surface area contributed by atoms with Crippen LogP contribution in [0.25, 0.3) is 10.9 Å². The summed E-state index contributed by atoms with van der Waals surface area (Å²) < 4.78 is 3.01. The highest BCUT2D eigenvalue weighted by molar-refractivity contribution is 14.1. The number of benzene rings is 1. The summed E-state index contributed by atoms with van der Waals surface area (Å²) in [6, 6.07) is 4.14. The third kappa shape index (κ3) is 1.20. The molecule has 0 amide bonds. The summed E-state index contributed by atoms with van der Waals surface area (Å²) in [6.45, 7) is 2.08. The number of nitrogens with two attached hydrogens (primary N) is 1. The third-order valence-electron chi connectivity index (χ3n) is 2.18. The van der Waals surface area contributed by atoms with Gasteiger partial charge in [-0.3, -0.25) is 4.68 Å². The van der Waals surface area contributed by atoms with Gasteiger partial charge in [0.25, 0.3) is 0 Å². The fourth-order valence-electron chi connectivity index (χ4n) is 1.45. The number of fused-ring (bicyclic) bond motifs is 1. The summed E-state index contributed by atoms with van der Waals surface area (Å²) in [5.41, 5.74) is 8.14. The second-order valence-corrected chi connectivity index (χ2v) is 4.18. The maximum Gasteiger partial charge on any atom is 0.154 e. The molecule has 1 aromatic heterocycles. The number of anilines is 1. The van der Waals surface area contributed by atoms with Gasteiger partial charge in [0.1, 0.15) is 0 Å². The zero-order valence-electron chi connectivity index (χ0n) is 7.50. The number of hydrogen-bond acceptors (Lipinski definition) is 2. The highest BCUT2D eigenvalue weighted by Crippen LogP contribution is 2.27. The molecule has 68 valence electrons. The first-order valence-electron chi connectivity index (χ1n) is 3.98. The fraction of sp³-hybridized carbons (Fsp3) is 0.222. The summed E-state index contributed by atoms with van der Waals surface area (Å²) in [4.78, 5) is 0. The fourth-order valence-corrected chi connectivity index (χ4v) is 2.18. The molecule has 4 heteroatoms. The molecule has 0 unspecified atom stereocenters. The zero-order valence-corrected chi connectivity index (χ0v) is 9.66. The smallest absolute Gasteiger partial charge is 0.154 e. The van der Waals surface area contributed by atoms with E-state index in [-0.39, 0.29) is 0 Å². The Morgan fingerprint density at radius 1 is 1.46 bits per heavy atom. The molecule has 0 radical (unpaired) electrons. The molecular formula is C9H10IN3. The Hall–Kier alpha value is -0.780. The summed E-state index contributed by atoms with van der Waals surface area (Å²) in [7, 11) is 1.91. The van der Waals surface area contributed by atoms with Crippen LogP contribution >= 0.6 is 22.6 Å². The van der Waals surface area contributed by atoms with Crippen LogP contribution in [0.3, 0.4) is 0 Å². The molecule has 0 atom stereocenters. The van der Waals surface area contributed by atoms with E-state index in [9.17, 15) is 0 Å². The molecule has 1 heterocycles. The number of aromatic nitrogens is 2. The maximum atomic E-state index is 5.81. The van der Waals surface area contributed by atoms with Crippen molar-refractivity contribution in [3.05, 3.63) is 21.3 Å². The Kier molecular flexibility index (Phi) is 1.94. The molecule has 0 saturated carbocycles. The lowest BCUT2D eigenvalue weighted by molar-refractivity contribution is 0.802. The lowest BCUT2D eigenvalue weighted by Crippen LogP contribution is -1.90. The number of nitrogens with zero attached hydrogens (tertiary/aromatic N) is 2. The number of aryl methyl sites for hydroxylation is 2. The topological polar surface area (TPSA) is 43.8 Å². The normalized spacial score (nSPS) is 11.0. The lowest BCUT2D eigenvalue weighted by atomic mass is 10.2. The molecule has 1 aromatic carbocycles. The van der Waals surface area contributed by atoms with E-state index < -0.39 is 0 Å². The maximum absolute atomic E-state index is 5.81. The van der Waals surface area contributed by atoms with Crippen molar-refractivity contribution in [2.24, 2.45) is 7.05 Å². The summed E-state index contributed by atoms with van der Waals surface area (Å²) in [5, 5.41) is 5.25. The minimum Gasteiger partial charge on any atom is -0.382 e. The molecule has 0 spiro atoms. The molecule has 0 aliphatic carbocycles. The summed E-state index contributed by atoms with van der Waals surface area (Å²) >= 11 is 2.31. The summed E-state index contributed by atoms with van der Waals surface area (Å²) in [6.07, 6.45) is 0. The highest BCUT2D eigenvalue weighted by atomic mass is 127. The molecule has 2 N–H and O–H groups in total. The van der Waals surface area contributed by atoms with Crippen LogP contribution in [-0.4, -0.2) is 9.78 Å². The van der Waals surface area contributed by atoms with E-state index in [1.165, 1.54) is 9.13 Å². The van der Waals surface area contributed by atoms with Gasteiger partial charge < -0.3 is 5.73 Å². The van der Waals surface area contributed by atoms with Crippen LogP contribution in [-0.2, 0) is 7.05 Å². The monoisotopic (exact) mass is 287 g/mol. The van der Waals surface area contributed by atoms with E-state index in [1.807, 2.05) is 11.7 Å². The molecule has 0 aliphatic heterocycles. The van der Waals surface area contributed by atoms with Gasteiger partial charge in [0.2, 0.25) is 0 Å². The first kappa shape index (κ1) is 8.80. The van der Waals surface area contributed by atoms with E-state index in [4.69, 9.17) is 5.73 Å². The zero-order chi connectivity index (χ0) is 9.59. The van der Waals surface area contributed by atoms with Crippen molar-refractivity contribution in [1.29, 1.82) is 0 Å². The molecule has 0 bridgehead atoms. The molecule has 13 heavy (non-hydrogen) atoms. The third-order valence-corrected chi connectivity index (χ3v) is 3.57. The van der Waals surface area contributed by atoms with Crippen LogP contribution in [0.1, 0.15) is 5.56 Å². The van der Waals surface area contributed by atoms with Gasteiger partial charge in [-0.25, -0.2) is 0 Å². The standard InChI is InChI=1S/C9H10IN3/c1-5-3-4-6-7(8(5)10)9(11)12-13(6)2/h3-4H,1-2H3,(H2,11,12). The largest absolute Gasteiger partial charge is 0.382 e. The van der Waals surface area contributed by atoms with Gasteiger partial charge in [-0.05, 0) is 41.1 Å². The minimum atomic E-state index is 0.616. The molecule has 2 aromatic rings. The van der Waals surface area contributed by atoms with E-state index in [0.717, 1.165) is 10.9 Å². The predicted octanol–water partition coefficient (Wildman–Crippen LogP) is 2.07.